The van der Waals surface area contributed by atoms with Crippen LogP contribution in [0.5, 0.6) is 0 Å². The van der Waals surface area contributed by atoms with Crippen LogP contribution in [-0.4, -0.2) is 25.6 Å². The molecule has 0 fully saturated rings. The largest absolute Gasteiger partial charge is 0.330 e. The Morgan fingerprint density at radius 2 is 2.12 bits per heavy atom. The summed E-state index contributed by atoms with van der Waals surface area (Å²) in [6.07, 6.45) is 0.580. The van der Waals surface area contributed by atoms with Crippen molar-refractivity contribution >= 4 is 11.2 Å². The number of aromatic nitrogens is 4. The van der Waals surface area contributed by atoms with E-state index in [2.05, 4.69) is 9.97 Å². The minimum atomic E-state index is -0.456. The molecular formula is C10H15N5O2. The number of nitrogens with two attached hydrogens (primary N) is 1. The lowest BCUT2D eigenvalue weighted by Gasteiger charge is -2.03. The Morgan fingerprint density at radius 3 is 2.71 bits per heavy atom. The zero-order valence-electron chi connectivity index (χ0n) is 9.86. The average Bonchev–Trinajstić information content (AvgIpc) is 2.65. The number of H-pyrrole nitrogens is 1. The Kier molecular flexibility index (Phi) is 2.84. The highest BCUT2D eigenvalue weighted by Crippen LogP contribution is 2.10. The molecule has 0 unspecified atom stereocenters. The summed E-state index contributed by atoms with van der Waals surface area (Å²) in [5.41, 5.74) is 5.48. The first-order valence-corrected chi connectivity index (χ1v) is 5.48. The van der Waals surface area contributed by atoms with E-state index in [0.29, 0.717) is 30.7 Å². The summed E-state index contributed by atoms with van der Waals surface area (Å²) in [4.78, 5) is 29.8. The van der Waals surface area contributed by atoms with E-state index in [1.54, 1.807) is 11.6 Å². The zero-order chi connectivity index (χ0) is 12.6. The summed E-state index contributed by atoms with van der Waals surface area (Å²) >= 11 is 0. The molecule has 17 heavy (non-hydrogen) atoms. The number of nitrogens with one attached hydrogen (secondary N) is 1. The van der Waals surface area contributed by atoms with Crippen LogP contribution < -0.4 is 17.0 Å². The molecule has 0 atom stereocenters. The fourth-order valence-corrected chi connectivity index (χ4v) is 1.94. The third kappa shape index (κ3) is 1.68. The molecule has 0 aromatic carbocycles. The highest BCUT2D eigenvalue weighted by atomic mass is 16.2. The molecule has 2 rings (SSSR count). The molecule has 2 aromatic heterocycles. The van der Waals surface area contributed by atoms with Crippen molar-refractivity contribution < 1.29 is 0 Å². The van der Waals surface area contributed by atoms with Gasteiger partial charge < -0.3 is 10.3 Å². The van der Waals surface area contributed by atoms with E-state index in [1.165, 1.54) is 4.57 Å². The van der Waals surface area contributed by atoms with E-state index < -0.39 is 11.2 Å². The van der Waals surface area contributed by atoms with Crippen molar-refractivity contribution in [3.8, 4) is 0 Å². The summed E-state index contributed by atoms with van der Waals surface area (Å²) in [5, 5.41) is 0. The number of aromatic amines is 1. The fraction of sp³-hybridized carbons (Fsp3) is 0.500. The van der Waals surface area contributed by atoms with Crippen LogP contribution in [0, 0.1) is 0 Å². The summed E-state index contributed by atoms with van der Waals surface area (Å²) < 4.78 is 3.13. The quantitative estimate of drug-likeness (QED) is 0.711. The van der Waals surface area contributed by atoms with Crippen LogP contribution in [0.2, 0.25) is 0 Å². The van der Waals surface area contributed by atoms with Gasteiger partial charge in [0.15, 0.2) is 11.2 Å². The molecule has 0 aliphatic carbocycles. The standard InChI is InChI=1S/C10H15N5O2/c1-3-15-6(4-5-11)12-8-7(15)9(16)13-10(17)14(8)2/h3-5,11H2,1-2H3,(H,13,16,17). The van der Waals surface area contributed by atoms with Crippen LogP contribution in [-0.2, 0) is 20.0 Å². The summed E-state index contributed by atoms with van der Waals surface area (Å²) in [7, 11) is 1.58. The molecule has 92 valence electrons. The normalized spacial score (nSPS) is 11.2. The zero-order valence-corrected chi connectivity index (χ0v) is 9.86. The molecule has 7 heteroatoms. The molecule has 0 spiro atoms. The predicted molar refractivity (Wildman–Crippen MR) is 64.0 cm³/mol. The van der Waals surface area contributed by atoms with Crippen LogP contribution in [0.15, 0.2) is 9.59 Å². The van der Waals surface area contributed by atoms with Crippen molar-refractivity contribution in [2.45, 2.75) is 19.9 Å². The second-order valence-electron chi connectivity index (χ2n) is 3.80. The van der Waals surface area contributed by atoms with Gasteiger partial charge in [-0.25, -0.2) is 9.78 Å². The van der Waals surface area contributed by atoms with Gasteiger partial charge in [0.1, 0.15) is 5.82 Å². The molecule has 0 bridgehead atoms. The maximum Gasteiger partial charge on any atom is 0.329 e. The first-order chi connectivity index (χ1) is 8.10. The number of aryl methyl sites for hydroxylation is 2. The number of hydrogen-bond donors (Lipinski definition) is 2. The van der Waals surface area contributed by atoms with Crippen molar-refractivity contribution in [1.29, 1.82) is 0 Å². The summed E-state index contributed by atoms with van der Waals surface area (Å²) in [6, 6.07) is 0. The van der Waals surface area contributed by atoms with Gasteiger partial charge in [-0.2, -0.15) is 0 Å². The van der Waals surface area contributed by atoms with Crippen molar-refractivity contribution in [2.24, 2.45) is 12.8 Å². The molecule has 0 radical (unpaired) electrons. The van der Waals surface area contributed by atoms with Crippen molar-refractivity contribution in [1.82, 2.24) is 19.1 Å². The maximum atomic E-state index is 11.8. The molecule has 0 saturated heterocycles. The number of imidazole rings is 1. The first-order valence-electron chi connectivity index (χ1n) is 5.48. The SMILES string of the molecule is CCn1c(CCN)nc2c1c(=O)[nH]c(=O)n2C. The van der Waals surface area contributed by atoms with E-state index in [1.807, 2.05) is 6.92 Å². The third-order valence-corrected chi connectivity index (χ3v) is 2.77. The van der Waals surface area contributed by atoms with Gasteiger partial charge in [-0.05, 0) is 13.5 Å². The minimum absolute atomic E-state index is 0.402. The second-order valence-corrected chi connectivity index (χ2v) is 3.80. The van der Waals surface area contributed by atoms with Gasteiger partial charge >= 0.3 is 5.69 Å². The summed E-state index contributed by atoms with van der Waals surface area (Å²) in [5.74, 6) is 0.733. The van der Waals surface area contributed by atoms with Gasteiger partial charge in [0.25, 0.3) is 5.56 Å². The van der Waals surface area contributed by atoms with Crippen LogP contribution in [0.25, 0.3) is 11.2 Å². The molecule has 0 aliphatic heterocycles. The van der Waals surface area contributed by atoms with Crippen LogP contribution >= 0.6 is 0 Å². The Hall–Kier alpha value is -1.89. The van der Waals surface area contributed by atoms with E-state index in [0.717, 1.165) is 5.82 Å². The van der Waals surface area contributed by atoms with Crippen molar-refractivity contribution in [3.05, 3.63) is 26.7 Å². The molecule has 2 heterocycles. The first kappa shape index (κ1) is 11.6. The van der Waals surface area contributed by atoms with E-state index in [9.17, 15) is 9.59 Å². The van der Waals surface area contributed by atoms with Gasteiger partial charge in [0, 0.05) is 20.0 Å². The second kappa shape index (κ2) is 4.17. The summed E-state index contributed by atoms with van der Waals surface area (Å²) in [6.45, 7) is 2.99. The lowest BCUT2D eigenvalue weighted by molar-refractivity contribution is 0.709. The van der Waals surface area contributed by atoms with E-state index in [4.69, 9.17) is 5.73 Å². The van der Waals surface area contributed by atoms with Crippen LogP contribution in [0.1, 0.15) is 12.7 Å². The molecule has 0 amide bonds. The number of hydrogen-bond acceptors (Lipinski definition) is 4. The Balaban J connectivity index is 2.91. The van der Waals surface area contributed by atoms with Crippen molar-refractivity contribution in [2.75, 3.05) is 6.54 Å². The lowest BCUT2D eigenvalue weighted by Crippen LogP contribution is -2.29. The van der Waals surface area contributed by atoms with Gasteiger partial charge in [-0.1, -0.05) is 0 Å². The Morgan fingerprint density at radius 1 is 1.41 bits per heavy atom. The molecule has 0 saturated carbocycles. The third-order valence-electron chi connectivity index (χ3n) is 2.77. The topological polar surface area (TPSA) is 98.7 Å². The molecule has 0 aliphatic rings. The predicted octanol–water partition coefficient (Wildman–Crippen LogP) is -1.06. The Bertz CT molecular complexity index is 664. The fourth-order valence-electron chi connectivity index (χ4n) is 1.94. The van der Waals surface area contributed by atoms with Gasteiger partial charge in [-0.15, -0.1) is 0 Å². The smallest absolute Gasteiger partial charge is 0.329 e. The maximum absolute atomic E-state index is 11.8. The lowest BCUT2D eigenvalue weighted by atomic mass is 10.4. The Labute approximate surface area is 96.9 Å². The monoisotopic (exact) mass is 237 g/mol. The number of rotatable bonds is 3. The molecule has 2 aromatic rings. The average molecular weight is 237 g/mol. The minimum Gasteiger partial charge on any atom is -0.330 e. The van der Waals surface area contributed by atoms with E-state index >= 15 is 0 Å². The molecule has 3 N–H and O–H groups in total. The van der Waals surface area contributed by atoms with Crippen molar-refractivity contribution in [3.63, 3.8) is 0 Å². The molecule has 7 nitrogen and oxygen atoms in total. The highest BCUT2D eigenvalue weighted by Gasteiger charge is 2.15. The van der Waals surface area contributed by atoms with E-state index in [-0.39, 0.29) is 0 Å². The molecular weight excluding hydrogens is 222 g/mol. The highest BCUT2D eigenvalue weighted by molar-refractivity contribution is 5.70. The number of fused-ring (bicyclic) bond motifs is 1. The van der Waals surface area contributed by atoms with Gasteiger partial charge in [0.05, 0.1) is 0 Å². The van der Waals surface area contributed by atoms with Crippen LogP contribution in [0.4, 0.5) is 0 Å². The number of nitrogens with zero attached hydrogens (tertiary/aromatic N) is 3. The van der Waals surface area contributed by atoms with Crippen LogP contribution in [0.3, 0.4) is 0 Å². The van der Waals surface area contributed by atoms with Gasteiger partial charge in [0.2, 0.25) is 0 Å². The van der Waals surface area contributed by atoms with Gasteiger partial charge in [-0.3, -0.25) is 14.3 Å².